The van der Waals surface area contributed by atoms with E-state index in [2.05, 4.69) is 15.5 Å². The van der Waals surface area contributed by atoms with Crippen molar-refractivity contribution in [1.29, 1.82) is 0 Å². The topological polar surface area (TPSA) is 81.2 Å². The van der Waals surface area contributed by atoms with E-state index in [-0.39, 0.29) is 11.2 Å². The van der Waals surface area contributed by atoms with Crippen LogP contribution in [0, 0.1) is 20.8 Å². The number of amides is 1. The predicted molar refractivity (Wildman–Crippen MR) is 96.6 cm³/mol. The van der Waals surface area contributed by atoms with Crippen molar-refractivity contribution in [3.05, 3.63) is 47.4 Å². The van der Waals surface area contributed by atoms with Gasteiger partial charge in [-0.1, -0.05) is 30.0 Å². The summed E-state index contributed by atoms with van der Waals surface area (Å²) >= 11 is 1.22. The highest BCUT2D eigenvalue weighted by atomic mass is 32.2. The lowest BCUT2D eigenvalue weighted by molar-refractivity contribution is -0.115. The average molecular weight is 357 g/mol. The first kappa shape index (κ1) is 17.3. The first-order valence-corrected chi connectivity index (χ1v) is 8.75. The van der Waals surface area contributed by atoms with E-state index >= 15 is 0 Å². The number of nitrogens with zero attached hydrogens (tertiary/aromatic N) is 2. The Bertz CT molecular complexity index is 880. The van der Waals surface area contributed by atoms with Gasteiger partial charge in [0.25, 0.3) is 11.1 Å². The number of aromatic nitrogens is 2. The van der Waals surface area contributed by atoms with Crippen molar-refractivity contribution in [3.8, 4) is 11.5 Å². The highest BCUT2D eigenvalue weighted by Gasteiger charge is 2.20. The monoisotopic (exact) mass is 357 g/mol. The van der Waals surface area contributed by atoms with Gasteiger partial charge in [0.05, 0.1) is 17.1 Å². The molecule has 0 fully saturated rings. The van der Waals surface area contributed by atoms with Crippen molar-refractivity contribution in [3.63, 3.8) is 0 Å². The van der Waals surface area contributed by atoms with Crippen LogP contribution in [0.25, 0.3) is 11.5 Å². The summed E-state index contributed by atoms with van der Waals surface area (Å²) in [4.78, 5) is 12.5. The molecule has 0 aliphatic carbocycles. The first-order chi connectivity index (χ1) is 12.0. The van der Waals surface area contributed by atoms with E-state index in [9.17, 15) is 4.79 Å². The number of hydrogen-bond acceptors (Lipinski definition) is 6. The van der Waals surface area contributed by atoms with Crippen molar-refractivity contribution in [2.24, 2.45) is 0 Å². The number of rotatable bonds is 5. The Labute approximate surface area is 150 Å². The highest BCUT2D eigenvalue weighted by molar-refractivity contribution is 8.00. The zero-order valence-electron chi connectivity index (χ0n) is 14.5. The third kappa shape index (κ3) is 3.76. The van der Waals surface area contributed by atoms with Gasteiger partial charge in [0.1, 0.15) is 5.76 Å². The Kier molecular flexibility index (Phi) is 4.94. The minimum atomic E-state index is -0.377. The molecule has 3 rings (SSSR count). The molecule has 0 aliphatic heterocycles. The minimum absolute atomic E-state index is 0.110. The molecule has 0 unspecified atom stereocenters. The maximum Gasteiger partial charge on any atom is 0.277 e. The molecule has 25 heavy (non-hydrogen) atoms. The van der Waals surface area contributed by atoms with Crippen LogP contribution in [0.1, 0.15) is 23.8 Å². The Morgan fingerprint density at radius 1 is 1.16 bits per heavy atom. The van der Waals surface area contributed by atoms with Gasteiger partial charge < -0.3 is 14.2 Å². The van der Waals surface area contributed by atoms with E-state index < -0.39 is 0 Å². The van der Waals surface area contributed by atoms with Crippen LogP contribution in [0.4, 0.5) is 5.69 Å². The molecule has 0 saturated carbocycles. The SMILES string of the molecule is Cc1cccc(C)c1NC(=O)[C@H](C)Sc1nnc(-c2ccoc2C)o1. The summed E-state index contributed by atoms with van der Waals surface area (Å²) in [6.45, 7) is 7.57. The van der Waals surface area contributed by atoms with E-state index in [1.807, 2.05) is 39.0 Å². The fraction of sp³-hybridized carbons (Fsp3) is 0.278. The minimum Gasteiger partial charge on any atom is -0.469 e. The van der Waals surface area contributed by atoms with Gasteiger partial charge in [-0.15, -0.1) is 10.2 Å². The van der Waals surface area contributed by atoms with Gasteiger partial charge in [0, 0.05) is 5.69 Å². The van der Waals surface area contributed by atoms with E-state index in [4.69, 9.17) is 8.83 Å². The largest absolute Gasteiger partial charge is 0.469 e. The molecule has 0 bridgehead atoms. The van der Waals surface area contributed by atoms with Gasteiger partial charge in [0.15, 0.2) is 0 Å². The lowest BCUT2D eigenvalue weighted by Crippen LogP contribution is -2.23. The van der Waals surface area contributed by atoms with Crippen LogP contribution in [0.5, 0.6) is 0 Å². The van der Waals surface area contributed by atoms with E-state index in [0.29, 0.717) is 16.9 Å². The van der Waals surface area contributed by atoms with Crippen molar-refractivity contribution in [2.75, 3.05) is 5.32 Å². The van der Waals surface area contributed by atoms with Crippen molar-refractivity contribution in [2.45, 2.75) is 38.2 Å². The zero-order chi connectivity index (χ0) is 18.0. The molecule has 1 N–H and O–H groups in total. The van der Waals surface area contributed by atoms with Crippen LogP contribution in [0.15, 0.2) is 44.6 Å². The number of carbonyl (C=O) groups is 1. The normalized spacial score (nSPS) is 12.2. The first-order valence-electron chi connectivity index (χ1n) is 7.87. The van der Waals surface area contributed by atoms with Crippen LogP contribution in [-0.4, -0.2) is 21.4 Å². The fourth-order valence-corrected chi connectivity index (χ4v) is 3.10. The van der Waals surface area contributed by atoms with Crippen LogP contribution in [0.2, 0.25) is 0 Å². The quantitative estimate of drug-likeness (QED) is 0.683. The Morgan fingerprint density at radius 2 is 1.88 bits per heavy atom. The Hall–Kier alpha value is -2.54. The van der Waals surface area contributed by atoms with E-state index in [0.717, 1.165) is 22.4 Å². The predicted octanol–water partition coefficient (Wildman–Crippen LogP) is 4.37. The van der Waals surface area contributed by atoms with Crippen molar-refractivity contribution in [1.82, 2.24) is 10.2 Å². The summed E-state index contributed by atoms with van der Waals surface area (Å²) in [5.41, 5.74) is 3.66. The zero-order valence-corrected chi connectivity index (χ0v) is 15.3. The number of nitrogens with one attached hydrogen (secondary N) is 1. The number of carbonyl (C=O) groups excluding carboxylic acids is 1. The molecule has 1 amide bonds. The summed E-state index contributed by atoms with van der Waals surface area (Å²) in [6.07, 6.45) is 1.57. The number of hydrogen-bond donors (Lipinski definition) is 1. The third-order valence-electron chi connectivity index (χ3n) is 3.87. The molecule has 0 saturated heterocycles. The molecule has 2 heterocycles. The maximum atomic E-state index is 12.5. The number of benzene rings is 1. The molecule has 0 spiro atoms. The molecule has 7 heteroatoms. The number of thioether (sulfide) groups is 1. The molecule has 0 radical (unpaired) electrons. The van der Waals surface area contributed by atoms with Crippen LogP contribution < -0.4 is 5.32 Å². The molecule has 130 valence electrons. The van der Waals surface area contributed by atoms with Crippen molar-refractivity contribution >= 4 is 23.4 Å². The molecule has 1 atom stereocenters. The number of anilines is 1. The summed E-state index contributed by atoms with van der Waals surface area (Å²) in [6, 6.07) is 7.68. The van der Waals surface area contributed by atoms with Gasteiger partial charge in [0.2, 0.25) is 5.91 Å². The molecule has 6 nitrogen and oxygen atoms in total. The maximum absolute atomic E-state index is 12.5. The molecular weight excluding hydrogens is 338 g/mol. The second kappa shape index (κ2) is 7.14. The molecule has 2 aromatic heterocycles. The van der Waals surface area contributed by atoms with Crippen LogP contribution in [0.3, 0.4) is 0 Å². The molecular formula is C18H19N3O3S. The lowest BCUT2D eigenvalue weighted by Gasteiger charge is -2.14. The van der Waals surface area contributed by atoms with Gasteiger partial charge in [-0.05, 0) is 44.9 Å². The van der Waals surface area contributed by atoms with Gasteiger partial charge in [-0.2, -0.15) is 0 Å². The Morgan fingerprint density at radius 3 is 2.52 bits per heavy atom. The van der Waals surface area contributed by atoms with Gasteiger partial charge in [-0.25, -0.2) is 0 Å². The molecule has 1 aromatic carbocycles. The second-order valence-corrected chi connectivity index (χ2v) is 7.07. The van der Waals surface area contributed by atoms with Crippen LogP contribution >= 0.6 is 11.8 Å². The molecule has 3 aromatic rings. The Balaban J connectivity index is 1.68. The molecule has 0 aliphatic rings. The summed E-state index contributed by atoms with van der Waals surface area (Å²) in [5.74, 6) is 0.985. The van der Waals surface area contributed by atoms with Crippen LogP contribution in [-0.2, 0) is 4.79 Å². The van der Waals surface area contributed by atoms with E-state index in [1.54, 1.807) is 19.3 Å². The summed E-state index contributed by atoms with van der Waals surface area (Å²) in [5, 5.41) is 11.0. The van der Waals surface area contributed by atoms with Gasteiger partial charge in [-0.3, -0.25) is 4.79 Å². The highest BCUT2D eigenvalue weighted by Crippen LogP contribution is 2.29. The summed E-state index contributed by atoms with van der Waals surface area (Å²) in [7, 11) is 0. The van der Waals surface area contributed by atoms with E-state index in [1.165, 1.54) is 11.8 Å². The number of para-hydroxylation sites is 1. The number of furan rings is 1. The summed E-state index contributed by atoms with van der Waals surface area (Å²) < 4.78 is 10.9. The smallest absolute Gasteiger partial charge is 0.277 e. The van der Waals surface area contributed by atoms with Crippen molar-refractivity contribution < 1.29 is 13.6 Å². The standard InChI is InChI=1S/C18H19N3O3S/c1-10-6-5-7-11(2)15(10)19-16(22)13(4)25-18-21-20-17(24-18)14-8-9-23-12(14)3/h5-9,13H,1-4H3,(H,19,22)/t13-/m0/s1. The fourth-order valence-electron chi connectivity index (χ4n) is 2.41. The average Bonchev–Trinajstić information content (AvgIpc) is 3.19. The lowest BCUT2D eigenvalue weighted by atomic mass is 10.1. The second-order valence-electron chi connectivity index (χ2n) is 5.78. The van der Waals surface area contributed by atoms with Gasteiger partial charge >= 0.3 is 0 Å². The third-order valence-corrected chi connectivity index (χ3v) is 4.81. The number of aryl methyl sites for hydroxylation is 3.